The molecule has 116 valence electrons. The molecule has 6 nitrogen and oxygen atoms in total. The fourth-order valence-electron chi connectivity index (χ4n) is 1.63. The lowest BCUT2D eigenvalue weighted by Gasteiger charge is -2.08. The molecule has 21 heavy (non-hydrogen) atoms. The molecule has 0 fully saturated rings. The molecular weight excluding hydrogens is 272 g/mol. The van der Waals surface area contributed by atoms with Crippen molar-refractivity contribution in [3.05, 3.63) is 29.8 Å². The van der Waals surface area contributed by atoms with Crippen LogP contribution >= 0.6 is 0 Å². The first-order chi connectivity index (χ1) is 10.2. The number of carbonyl (C=O) groups is 2. The van der Waals surface area contributed by atoms with Gasteiger partial charge in [-0.05, 0) is 24.1 Å². The Bertz CT molecular complexity index is 445. The molecule has 0 heterocycles. The molecule has 0 radical (unpaired) electrons. The highest BCUT2D eigenvalue weighted by Gasteiger charge is 2.02. The summed E-state index contributed by atoms with van der Waals surface area (Å²) >= 11 is 0. The average Bonchev–Trinajstić information content (AvgIpc) is 2.50. The Morgan fingerprint density at radius 3 is 2.52 bits per heavy atom. The quantitative estimate of drug-likeness (QED) is 0.523. The van der Waals surface area contributed by atoms with Gasteiger partial charge in [-0.1, -0.05) is 12.1 Å². The first-order valence-corrected chi connectivity index (χ1v) is 6.91. The van der Waals surface area contributed by atoms with Crippen molar-refractivity contribution in [1.82, 2.24) is 5.32 Å². The van der Waals surface area contributed by atoms with E-state index in [4.69, 9.17) is 10.5 Å². The minimum absolute atomic E-state index is 0.0550. The summed E-state index contributed by atoms with van der Waals surface area (Å²) in [6.45, 7) is 1.29. The maximum absolute atomic E-state index is 11.3. The molecule has 0 saturated carbocycles. The molecule has 0 spiro atoms. The molecule has 1 aromatic carbocycles. The van der Waals surface area contributed by atoms with Crippen LogP contribution in [0.1, 0.15) is 24.8 Å². The summed E-state index contributed by atoms with van der Waals surface area (Å²) < 4.78 is 10.1. The summed E-state index contributed by atoms with van der Waals surface area (Å²) in [7, 11) is 1.37. The second-order valence-electron chi connectivity index (χ2n) is 4.49. The van der Waals surface area contributed by atoms with Gasteiger partial charge < -0.3 is 20.5 Å². The zero-order chi connectivity index (χ0) is 15.5. The van der Waals surface area contributed by atoms with Gasteiger partial charge in [0, 0.05) is 25.9 Å². The number of rotatable bonds is 9. The predicted molar refractivity (Wildman–Crippen MR) is 78.7 cm³/mol. The van der Waals surface area contributed by atoms with Crippen LogP contribution in [0.25, 0.3) is 0 Å². The maximum Gasteiger partial charge on any atom is 0.305 e. The van der Waals surface area contributed by atoms with Crippen LogP contribution in [0.15, 0.2) is 24.3 Å². The molecule has 0 atom stereocenters. The van der Waals surface area contributed by atoms with E-state index in [9.17, 15) is 9.59 Å². The summed E-state index contributed by atoms with van der Waals surface area (Å²) in [6, 6.07) is 7.45. The highest BCUT2D eigenvalue weighted by atomic mass is 16.5. The molecule has 0 bridgehead atoms. The number of carbonyl (C=O) groups excluding carboxylic acids is 2. The third-order valence-corrected chi connectivity index (χ3v) is 2.81. The second kappa shape index (κ2) is 9.77. The molecule has 0 unspecified atom stereocenters. The summed E-state index contributed by atoms with van der Waals surface area (Å²) in [6.07, 6.45) is 1.30. The van der Waals surface area contributed by atoms with Crippen LogP contribution in [0.4, 0.5) is 0 Å². The summed E-state index contributed by atoms with van der Waals surface area (Å²) in [5.74, 6) is 0.444. The Kier molecular flexibility index (Phi) is 7.89. The van der Waals surface area contributed by atoms with Crippen LogP contribution in [0.3, 0.4) is 0 Å². The van der Waals surface area contributed by atoms with E-state index < -0.39 is 0 Å². The van der Waals surface area contributed by atoms with Crippen LogP contribution in [-0.2, 0) is 20.9 Å². The van der Waals surface area contributed by atoms with Gasteiger partial charge in [0.2, 0.25) is 5.91 Å². The van der Waals surface area contributed by atoms with Gasteiger partial charge in [0.1, 0.15) is 5.75 Å². The van der Waals surface area contributed by atoms with E-state index in [0.29, 0.717) is 39.0 Å². The summed E-state index contributed by atoms with van der Waals surface area (Å²) in [5, 5.41) is 2.78. The molecule has 0 aromatic heterocycles. The van der Waals surface area contributed by atoms with Crippen LogP contribution in [0.5, 0.6) is 5.75 Å². The molecule has 0 aliphatic carbocycles. The predicted octanol–water partition coefficient (Wildman–Crippen LogP) is 0.984. The second-order valence-corrected chi connectivity index (χ2v) is 4.49. The Morgan fingerprint density at radius 2 is 1.90 bits per heavy atom. The van der Waals surface area contributed by atoms with Crippen molar-refractivity contribution in [3.8, 4) is 5.75 Å². The van der Waals surface area contributed by atoms with Crippen LogP contribution < -0.4 is 15.8 Å². The lowest BCUT2D eigenvalue weighted by atomic mass is 10.2. The molecule has 0 saturated heterocycles. The van der Waals surface area contributed by atoms with E-state index in [1.54, 1.807) is 0 Å². The zero-order valence-electron chi connectivity index (χ0n) is 12.3. The number of benzene rings is 1. The number of nitrogens with two attached hydrogens (primary N) is 1. The summed E-state index contributed by atoms with van der Waals surface area (Å²) in [5.41, 5.74) is 6.29. The van der Waals surface area contributed by atoms with Crippen LogP contribution in [-0.4, -0.2) is 32.1 Å². The number of amides is 1. The van der Waals surface area contributed by atoms with Crippen LogP contribution in [0.2, 0.25) is 0 Å². The smallest absolute Gasteiger partial charge is 0.305 e. The van der Waals surface area contributed by atoms with Gasteiger partial charge in [-0.2, -0.15) is 0 Å². The topological polar surface area (TPSA) is 90.6 Å². The molecule has 0 aliphatic heterocycles. The van der Waals surface area contributed by atoms with E-state index in [0.717, 1.165) is 11.3 Å². The molecule has 1 aromatic rings. The number of nitrogens with one attached hydrogen (secondary N) is 1. The van der Waals surface area contributed by atoms with Gasteiger partial charge in [-0.25, -0.2) is 0 Å². The van der Waals surface area contributed by atoms with Gasteiger partial charge in [-0.15, -0.1) is 0 Å². The van der Waals surface area contributed by atoms with Gasteiger partial charge in [0.15, 0.2) is 0 Å². The fourth-order valence-corrected chi connectivity index (χ4v) is 1.63. The Morgan fingerprint density at radius 1 is 1.19 bits per heavy atom. The third kappa shape index (κ3) is 7.31. The Labute approximate surface area is 124 Å². The van der Waals surface area contributed by atoms with Crippen molar-refractivity contribution >= 4 is 11.9 Å². The van der Waals surface area contributed by atoms with Crippen molar-refractivity contribution in [2.45, 2.75) is 25.8 Å². The lowest BCUT2D eigenvalue weighted by Crippen LogP contribution is -2.24. The fraction of sp³-hybridized carbons (Fsp3) is 0.467. The lowest BCUT2D eigenvalue weighted by molar-refractivity contribution is -0.140. The van der Waals surface area contributed by atoms with Crippen molar-refractivity contribution in [3.63, 3.8) is 0 Å². The maximum atomic E-state index is 11.3. The number of ether oxygens (including phenoxy) is 2. The van der Waals surface area contributed by atoms with E-state index in [1.165, 1.54) is 7.11 Å². The number of esters is 1. The van der Waals surface area contributed by atoms with E-state index in [2.05, 4.69) is 10.1 Å². The largest absolute Gasteiger partial charge is 0.494 e. The van der Waals surface area contributed by atoms with E-state index >= 15 is 0 Å². The Balaban J connectivity index is 2.27. The third-order valence-electron chi connectivity index (χ3n) is 2.81. The van der Waals surface area contributed by atoms with Crippen molar-refractivity contribution in [2.24, 2.45) is 5.73 Å². The molecule has 1 amide bonds. The van der Waals surface area contributed by atoms with Gasteiger partial charge in [-0.3, -0.25) is 9.59 Å². The van der Waals surface area contributed by atoms with Crippen molar-refractivity contribution in [1.29, 1.82) is 0 Å². The monoisotopic (exact) mass is 294 g/mol. The van der Waals surface area contributed by atoms with Gasteiger partial charge in [0.05, 0.1) is 13.7 Å². The number of methoxy groups -OCH3 is 1. The van der Waals surface area contributed by atoms with Gasteiger partial charge in [0.25, 0.3) is 0 Å². The Hall–Kier alpha value is -2.08. The highest BCUT2D eigenvalue weighted by molar-refractivity contribution is 5.76. The molecule has 1 rings (SSSR count). The SMILES string of the molecule is COC(=O)CCCOc1ccc(CNC(=O)CCN)cc1. The van der Waals surface area contributed by atoms with Gasteiger partial charge >= 0.3 is 5.97 Å². The van der Waals surface area contributed by atoms with Crippen molar-refractivity contribution in [2.75, 3.05) is 20.3 Å². The van der Waals surface area contributed by atoms with Crippen LogP contribution in [0, 0.1) is 0 Å². The zero-order valence-corrected chi connectivity index (χ0v) is 12.3. The number of hydrogen-bond acceptors (Lipinski definition) is 5. The highest BCUT2D eigenvalue weighted by Crippen LogP contribution is 2.12. The first-order valence-electron chi connectivity index (χ1n) is 6.91. The van der Waals surface area contributed by atoms with E-state index in [1.807, 2.05) is 24.3 Å². The minimum atomic E-state index is -0.234. The minimum Gasteiger partial charge on any atom is -0.494 e. The normalized spacial score (nSPS) is 10.0. The average molecular weight is 294 g/mol. The molecule has 0 aliphatic rings. The van der Waals surface area contributed by atoms with Crippen molar-refractivity contribution < 1.29 is 19.1 Å². The van der Waals surface area contributed by atoms with E-state index in [-0.39, 0.29) is 11.9 Å². The molecule has 6 heteroatoms. The molecule has 3 N–H and O–H groups in total. The number of hydrogen-bond donors (Lipinski definition) is 2. The molecular formula is C15H22N2O4. The standard InChI is InChI=1S/C15H22N2O4/c1-20-15(19)3-2-10-21-13-6-4-12(5-7-13)11-17-14(18)8-9-16/h4-7H,2-3,8-11,16H2,1H3,(H,17,18). The summed E-state index contributed by atoms with van der Waals surface area (Å²) in [4.78, 5) is 22.2. The first kappa shape index (κ1) is 17.0.